The van der Waals surface area contributed by atoms with Gasteiger partial charge in [-0.05, 0) is 75.4 Å². The lowest BCUT2D eigenvalue weighted by Gasteiger charge is -2.13. The highest BCUT2D eigenvalue weighted by molar-refractivity contribution is 6.00. The Labute approximate surface area is 170 Å². The zero-order valence-corrected chi connectivity index (χ0v) is 17.0. The number of methoxy groups -OCH3 is 1. The van der Waals surface area contributed by atoms with E-state index in [1.165, 1.54) is 6.92 Å². The zero-order valence-electron chi connectivity index (χ0n) is 17.0. The molecule has 6 nitrogen and oxygen atoms in total. The number of rotatable bonds is 7. The van der Waals surface area contributed by atoms with Gasteiger partial charge in [-0.15, -0.1) is 0 Å². The molecule has 29 heavy (non-hydrogen) atoms. The molecule has 1 N–H and O–H groups in total. The second kappa shape index (κ2) is 8.65. The van der Waals surface area contributed by atoms with Crippen LogP contribution in [0.4, 0.5) is 0 Å². The average molecular weight is 392 g/mol. The van der Waals surface area contributed by atoms with E-state index >= 15 is 0 Å². The summed E-state index contributed by atoms with van der Waals surface area (Å²) in [5.41, 5.74) is 6.70. The van der Waals surface area contributed by atoms with Crippen LogP contribution in [-0.2, 0) is 6.61 Å². The molecule has 0 saturated heterocycles. The first-order valence-corrected chi connectivity index (χ1v) is 9.26. The zero-order chi connectivity index (χ0) is 21.0. The molecule has 0 bridgehead atoms. The fraction of sp³-hybridized carbons (Fsp3) is 0.217. The van der Waals surface area contributed by atoms with Crippen molar-refractivity contribution in [1.82, 2.24) is 4.68 Å². The molecule has 3 aromatic rings. The molecule has 0 saturated carbocycles. The Kier molecular flexibility index (Phi) is 6.02. The van der Waals surface area contributed by atoms with E-state index in [2.05, 4.69) is 5.43 Å². The number of benzene rings is 2. The molecule has 1 aromatic heterocycles. The van der Waals surface area contributed by atoms with Crippen LogP contribution in [0.5, 0.6) is 11.5 Å². The van der Waals surface area contributed by atoms with Gasteiger partial charge in [-0.3, -0.25) is 19.7 Å². The molecule has 0 radical (unpaired) electrons. The van der Waals surface area contributed by atoms with Crippen molar-refractivity contribution in [2.45, 2.75) is 27.4 Å². The van der Waals surface area contributed by atoms with E-state index < -0.39 is 0 Å². The normalized spacial score (nSPS) is 10.5. The summed E-state index contributed by atoms with van der Waals surface area (Å²) < 4.78 is 12.9. The summed E-state index contributed by atoms with van der Waals surface area (Å²) in [6.07, 6.45) is 0. The molecule has 2 aromatic carbocycles. The van der Waals surface area contributed by atoms with Gasteiger partial charge in [0.2, 0.25) is 0 Å². The number of Topliss-reactive ketones (excluding diaryl/α,β-unsaturated/α-hetero) is 1. The van der Waals surface area contributed by atoms with Crippen molar-refractivity contribution in [3.05, 3.63) is 82.7 Å². The number of nitrogens with zero attached hydrogens (tertiary/aromatic N) is 1. The van der Waals surface area contributed by atoms with E-state index in [0.29, 0.717) is 22.6 Å². The van der Waals surface area contributed by atoms with E-state index in [1.54, 1.807) is 54.3 Å². The van der Waals surface area contributed by atoms with Crippen LogP contribution < -0.4 is 14.9 Å². The number of carbonyl (C=O) groups is 2. The van der Waals surface area contributed by atoms with Crippen LogP contribution in [0.3, 0.4) is 0 Å². The predicted octanol–water partition coefficient (Wildman–Crippen LogP) is 4.28. The van der Waals surface area contributed by atoms with E-state index in [1.807, 2.05) is 26.0 Å². The second-order valence-corrected chi connectivity index (χ2v) is 6.79. The van der Waals surface area contributed by atoms with E-state index in [-0.39, 0.29) is 18.3 Å². The third kappa shape index (κ3) is 4.66. The number of hydrogen-bond acceptors (Lipinski definition) is 4. The summed E-state index contributed by atoms with van der Waals surface area (Å²) >= 11 is 0. The minimum atomic E-state index is -0.199. The molecular weight excluding hydrogens is 368 g/mol. The molecule has 0 aliphatic heterocycles. The summed E-state index contributed by atoms with van der Waals surface area (Å²) in [4.78, 5) is 24.1. The van der Waals surface area contributed by atoms with Crippen LogP contribution in [0.2, 0.25) is 0 Å². The number of carbonyl (C=O) groups excluding carboxylic acids is 2. The summed E-state index contributed by atoms with van der Waals surface area (Å²) in [7, 11) is 1.58. The van der Waals surface area contributed by atoms with Gasteiger partial charge in [-0.2, -0.15) is 0 Å². The summed E-state index contributed by atoms with van der Waals surface area (Å²) in [5, 5.41) is 0. The van der Waals surface area contributed by atoms with Gasteiger partial charge >= 0.3 is 0 Å². The van der Waals surface area contributed by atoms with Gasteiger partial charge in [0.05, 0.1) is 7.11 Å². The molecule has 1 amide bonds. The first-order valence-electron chi connectivity index (χ1n) is 9.26. The molecule has 1 heterocycles. The highest BCUT2D eigenvalue weighted by Gasteiger charge is 2.11. The quantitative estimate of drug-likeness (QED) is 0.610. The Morgan fingerprint density at radius 1 is 0.931 bits per heavy atom. The number of hydrogen-bond donors (Lipinski definition) is 1. The van der Waals surface area contributed by atoms with Crippen LogP contribution in [-0.4, -0.2) is 23.5 Å². The molecular formula is C23H24N2O4. The molecule has 0 spiro atoms. The van der Waals surface area contributed by atoms with Gasteiger partial charge in [0, 0.05) is 28.1 Å². The molecule has 0 fully saturated rings. The number of aryl methyl sites for hydroxylation is 2. The van der Waals surface area contributed by atoms with E-state index in [9.17, 15) is 9.59 Å². The maximum absolute atomic E-state index is 12.5. The molecule has 0 aliphatic rings. The summed E-state index contributed by atoms with van der Waals surface area (Å²) in [6.45, 7) is 5.63. The topological polar surface area (TPSA) is 69.6 Å². The van der Waals surface area contributed by atoms with Crippen molar-refractivity contribution in [1.29, 1.82) is 0 Å². The first kappa shape index (κ1) is 20.2. The average Bonchev–Trinajstić information content (AvgIpc) is 3.04. The van der Waals surface area contributed by atoms with Crippen molar-refractivity contribution in [2.24, 2.45) is 0 Å². The molecule has 0 unspecified atom stereocenters. The second-order valence-electron chi connectivity index (χ2n) is 6.79. The Bertz CT molecular complexity index is 1020. The maximum Gasteiger partial charge on any atom is 0.270 e. The molecule has 0 atom stereocenters. The lowest BCUT2D eigenvalue weighted by atomic mass is 10.1. The predicted molar refractivity (Wildman–Crippen MR) is 111 cm³/mol. The number of ether oxygens (including phenoxy) is 2. The Hall–Kier alpha value is -3.54. The fourth-order valence-electron chi connectivity index (χ4n) is 2.98. The van der Waals surface area contributed by atoms with Crippen molar-refractivity contribution in [3.63, 3.8) is 0 Å². The van der Waals surface area contributed by atoms with Crippen molar-refractivity contribution in [2.75, 3.05) is 12.5 Å². The van der Waals surface area contributed by atoms with Crippen LogP contribution in [0.15, 0.2) is 54.6 Å². The first-order chi connectivity index (χ1) is 13.9. The Morgan fingerprint density at radius 3 is 2.14 bits per heavy atom. The maximum atomic E-state index is 12.5. The smallest absolute Gasteiger partial charge is 0.270 e. The molecule has 6 heteroatoms. The van der Waals surface area contributed by atoms with E-state index in [4.69, 9.17) is 9.47 Å². The van der Waals surface area contributed by atoms with Gasteiger partial charge in [0.15, 0.2) is 5.78 Å². The SMILES string of the molecule is COc1ccc(C(C)=O)cc1COc1ccc(C(=O)Nn2c(C)ccc2C)cc1. The molecule has 150 valence electrons. The number of aromatic nitrogens is 1. The van der Waals surface area contributed by atoms with Gasteiger partial charge < -0.3 is 9.47 Å². The third-order valence-electron chi connectivity index (χ3n) is 4.68. The summed E-state index contributed by atoms with van der Waals surface area (Å²) in [5.74, 6) is 1.06. The Balaban J connectivity index is 1.67. The van der Waals surface area contributed by atoms with Crippen LogP contribution in [0.1, 0.15) is 44.6 Å². The van der Waals surface area contributed by atoms with Crippen LogP contribution in [0, 0.1) is 13.8 Å². The van der Waals surface area contributed by atoms with E-state index in [0.717, 1.165) is 17.0 Å². The standard InChI is InChI=1S/C23H24N2O4/c1-15-5-6-16(2)25(15)24-23(27)18-7-10-21(11-8-18)29-14-20-13-19(17(3)26)9-12-22(20)28-4/h5-13H,14H2,1-4H3,(H,24,27). The monoisotopic (exact) mass is 392 g/mol. The van der Waals surface area contributed by atoms with Gasteiger partial charge in [-0.1, -0.05) is 0 Å². The molecule has 3 rings (SSSR count). The number of amides is 1. The lowest BCUT2D eigenvalue weighted by molar-refractivity contribution is 0.100. The van der Waals surface area contributed by atoms with Crippen molar-refractivity contribution < 1.29 is 19.1 Å². The number of ketones is 1. The lowest BCUT2D eigenvalue weighted by Crippen LogP contribution is -2.24. The highest BCUT2D eigenvalue weighted by atomic mass is 16.5. The van der Waals surface area contributed by atoms with Crippen LogP contribution in [0.25, 0.3) is 0 Å². The van der Waals surface area contributed by atoms with Crippen LogP contribution >= 0.6 is 0 Å². The fourth-order valence-corrected chi connectivity index (χ4v) is 2.98. The van der Waals surface area contributed by atoms with Gasteiger partial charge in [0.1, 0.15) is 18.1 Å². The van der Waals surface area contributed by atoms with Crippen molar-refractivity contribution in [3.8, 4) is 11.5 Å². The van der Waals surface area contributed by atoms with Gasteiger partial charge in [-0.25, -0.2) is 0 Å². The molecule has 0 aliphatic carbocycles. The van der Waals surface area contributed by atoms with Gasteiger partial charge in [0.25, 0.3) is 5.91 Å². The number of nitrogens with one attached hydrogen (secondary N) is 1. The highest BCUT2D eigenvalue weighted by Crippen LogP contribution is 2.23. The minimum Gasteiger partial charge on any atom is -0.496 e. The third-order valence-corrected chi connectivity index (χ3v) is 4.68. The largest absolute Gasteiger partial charge is 0.496 e. The minimum absolute atomic E-state index is 0.0163. The Morgan fingerprint density at radius 2 is 1.55 bits per heavy atom. The van der Waals surface area contributed by atoms with Crippen molar-refractivity contribution >= 4 is 11.7 Å². The summed E-state index contributed by atoms with van der Waals surface area (Å²) in [6, 6.07) is 16.1.